The maximum atomic E-state index is 6.17. The molecule has 4 nitrogen and oxygen atoms in total. The molecule has 0 radical (unpaired) electrons. The first-order valence-electron chi connectivity index (χ1n) is 6.53. The van der Waals surface area contributed by atoms with Crippen LogP contribution in [0.25, 0.3) is 0 Å². The largest absolute Gasteiger partial charge is 0.366 e. The smallest absolute Gasteiger partial charge is 0.138 e. The number of piperidine rings is 1. The van der Waals surface area contributed by atoms with Gasteiger partial charge in [0.15, 0.2) is 0 Å². The Balaban J connectivity index is 2.15. The van der Waals surface area contributed by atoms with E-state index < -0.39 is 0 Å². The quantitative estimate of drug-likeness (QED) is 0.856. The van der Waals surface area contributed by atoms with E-state index >= 15 is 0 Å². The first-order valence-corrected chi connectivity index (χ1v) is 6.91. The van der Waals surface area contributed by atoms with E-state index in [9.17, 15) is 0 Å². The Bertz CT molecular complexity index is 408. The molecule has 1 aromatic rings. The molecule has 1 saturated heterocycles. The molecule has 18 heavy (non-hydrogen) atoms. The van der Waals surface area contributed by atoms with Crippen molar-refractivity contribution in [1.82, 2.24) is 14.9 Å². The van der Waals surface area contributed by atoms with E-state index in [2.05, 4.69) is 41.1 Å². The molecule has 1 aliphatic heterocycles. The average Bonchev–Trinajstić information content (AvgIpc) is 2.28. The van der Waals surface area contributed by atoms with Crippen LogP contribution in [-0.4, -0.2) is 41.0 Å². The molecule has 1 aliphatic rings. The van der Waals surface area contributed by atoms with Gasteiger partial charge >= 0.3 is 0 Å². The zero-order valence-corrected chi connectivity index (χ0v) is 12.0. The zero-order valence-electron chi connectivity index (χ0n) is 11.3. The SMILES string of the molecule is CC(C)c1c(Cl)ncnc1NC1CCCN(C)C1. The number of anilines is 1. The first kappa shape index (κ1) is 13.6. The predicted octanol–water partition coefficient (Wildman–Crippen LogP) is 2.76. The summed E-state index contributed by atoms with van der Waals surface area (Å²) in [4.78, 5) is 10.8. The fourth-order valence-corrected chi connectivity index (χ4v) is 2.83. The second-order valence-corrected chi connectivity index (χ2v) is 5.69. The topological polar surface area (TPSA) is 41.1 Å². The van der Waals surface area contributed by atoms with Crippen LogP contribution in [0.15, 0.2) is 6.33 Å². The molecule has 1 fully saturated rings. The normalized spacial score (nSPS) is 21.3. The van der Waals surface area contributed by atoms with E-state index in [4.69, 9.17) is 11.6 Å². The van der Waals surface area contributed by atoms with Crippen LogP contribution in [0.5, 0.6) is 0 Å². The average molecular weight is 269 g/mol. The van der Waals surface area contributed by atoms with Crippen LogP contribution in [0.4, 0.5) is 5.82 Å². The molecule has 2 heterocycles. The van der Waals surface area contributed by atoms with Gasteiger partial charge in [0.05, 0.1) is 0 Å². The predicted molar refractivity (Wildman–Crippen MR) is 75.3 cm³/mol. The molecule has 100 valence electrons. The van der Waals surface area contributed by atoms with Gasteiger partial charge in [-0.15, -0.1) is 0 Å². The van der Waals surface area contributed by atoms with Gasteiger partial charge in [-0.3, -0.25) is 0 Å². The van der Waals surface area contributed by atoms with E-state index in [1.54, 1.807) is 0 Å². The maximum absolute atomic E-state index is 6.17. The summed E-state index contributed by atoms with van der Waals surface area (Å²) in [5.41, 5.74) is 1.02. The number of likely N-dealkylation sites (tertiary alicyclic amines) is 1. The minimum atomic E-state index is 0.322. The highest BCUT2D eigenvalue weighted by Gasteiger charge is 2.20. The molecule has 2 rings (SSSR count). The fourth-order valence-electron chi connectivity index (χ4n) is 2.48. The molecule has 1 aromatic heterocycles. The van der Waals surface area contributed by atoms with Gasteiger partial charge in [0, 0.05) is 18.2 Å². The summed E-state index contributed by atoms with van der Waals surface area (Å²) in [6.45, 7) is 6.46. The number of nitrogens with zero attached hydrogens (tertiary/aromatic N) is 3. The lowest BCUT2D eigenvalue weighted by Crippen LogP contribution is -2.40. The van der Waals surface area contributed by atoms with Crippen LogP contribution in [0.2, 0.25) is 5.15 Å². The van der Waals surface area contributed by atoms with Crippen molar-refractivity contribution in [1.29, 1.82) is 0 Å². The molecule has 1 unspecified atom stereocenters. The Hall–Kier alpha value is -0.870. The third-order valence-electron chi connectivity index (χ3n) is 3.38. The van der Waals surface area contributed by atoms with Gasteiger partial charge in [0.2, 0.25) is 0 Å². The molecule has 1 N–H and O–H groups in total. The lowest BCUT2D eigenvalue weighted by molar-refractivity contribution is 0.260. The highest BCUT2D eigenvalue weighted by atomic mass is 35.5. The van der Waals surface area contributed by atoms with Gasteiger partial charge in [-0.05, 0) is 32.4 Å². The third-order valence-corrected chi connectivity index (χ3v) is 3.68. The van der Waals surface area contributed by atoms with Crippen LogP contribution in [-0.2, 0) is 0 Å². The minimum Gasteiger partial charge on any atom is -0.366 e. The van der Waals surface area contributed by atoms with E-state index in [0.29, 0.717) is 17.1 Å². The van der Waals surface area contributed by atoms with E-state index in [-0.39, 0.29) is 0 Å². The van der Waals surface area contributed by atoms with E-state index in [1.165, 1.54) is 25.7 Å². The molecule has 0 saturated carbocycles. The van der Waals surface area contributed by atoms with Crippen molar-refractivity contribution in [2.24, 2.45) is 0 Å². The summed E-state index contributed by atoms with van der Waals surface area (Å²) in [5, 5.41) is 4.09. The van der Waals surface area contributed by atoms with Crippen LogP contribution < -0.4 is 5.32 Å². The van der Waals surface area contributed by atoms with Crippen LogP contribution in [0.3, 0.4) is 0 Å². The summed E-state index contributed by atoms with van der Waals surface area (Å²) >= 11 is 6.17. The number of nitrogens with one attached hydrogen (secondary N) is 1. The van der Waals surface area contributed by atoms with Crippen molar-refractivity contribution >= 4 is 17.4 Å². The molecule has 1 atom stereocenters. The Labute approximate surface area is 114 Å². The van der Waals surface area contributed by atoms with Crippen LogP contribution >= 0.6 is 11.6 Å². The maximum Gasteiger partial charge on any atom is 0.138 e. The Morgan fingerprint density at radius 2 is 2.22 bits per heavy atom. The molecule has 0 bridgehead atoms. The number of hydrogen-bond acceptors (Lipinski definition) is 4. The first-order chi connectivity index (χ1) is 8.58. The Kier molecular flexibility index (Phi) is 4.40. The molecule has 0 amide bonds. The Morgan fingerprint density at radius 3 is 2.89 bits per heavy atom. The van der Waals surface area contributed by atoms with Gasteiger partial charge in [0.25, 0.3) is 0 Å². The second-order valence-electron chi connectivity index (χ2n) is 5.33. The summed E-state index contributed by atoms with van der Waals surface area (Å²) in [5.74, 6) is 1.22. The van der Waals surface area contributed by atoms with Crippen molar-refractivity contribution in [3.05, 3.63) is 17.0 Å². The molecular formula is C13H21ClN4. The summed E-state index contributed by atoms with van der Waals surface area (Å²) in [6, 6.07) is 0.451. The highest BCUT2D eigenvalue weighted by Crippen LogP contribution is 2.29. The lowest BCUT2D eigenvalue weighted by atomic mass is 10.0. The van der Waals surface area contributed by atoms with Crippen LogP contribution in [0.1, 0.15) is 38.2 Å². The van der Waals surface area contributed by atoms with Gasteiger partial charge < -0.3 is 10.2 Å². The monoisotopic (exact) mass is 268 g/mol. The molecule has 5 heteroatoms. The van der Waals surface area contributed by atoms with Gasteiger partial charge in [-0.2, -0.15) is 0 Å². The van der Waals surface area contributed by atoms with Gasteiger partial charge in [-0.1, -0.05) is 25.4 Å². The van der Waals surface area contributed by atoms with Gasteiger partial charge in [0.1, 0.15) is 17.3 Å². The standard InChI is InChI=1S/C13H21ClN4/c1-9(2)11-12(14)15-8-16-13(11)17-10-5-4-6-18(3)7-10/h8-10H,4-7H2,1-3H3,(H,15,16,17). The zero-order chi connectivity index (χ0) is 13.1. The number of likely N-dealkylation sites (N-methyl/N-ethyl adjacent to an activating group) is 1. The lowest BCUT2D eigenvalue weighted by Gasteiger charge is -2.31. The minimum absolute atomic E-state index is 0.322. The highest BCUT2D eigenvalue weighted by molar-refractivity contribution is 6.30. The van der Waals surface area contributed by atoms with Crippen molar-refractivity contribution in [2.45, 2.75) is 38.6 Å². The second kappa shape index (κ2) is 5.85. The number of halogens is 1. The third kappa shape index (κ3) is 3.12. The molecule has 0 spiro atoms. The van der Waals surface area contributed by atoms with Crippen molar-refractivity contribution in [3.8, 4) is 0 Å². The summed E-state index contributed by atoms with van der Waals surface area (Å²) in [6.07, 6.45) is 3.94. The van der Waals surface area contributed by atoms with Crippen molar-refractivity contribution in [3.63, 3.8) is 0 Å². The van der Waals surface area contributed by atoms with Crippen molar-refractivity contribution < 1.29 is 0 Å². The fraction of sp³-hybridized carbons (Fsp3) is 0.692. The molecular weight excluding hydrogens is 248 g/mol. The van der Waals surface area contributed by atoms with E-state index in [0.717, 1.165) is 17.9 Å². The summed E-state index contributed by atoms with van der Waals surface area (Å²) in [7, 11) is 2.16. The number of hydrogen-bond donors (Lipinski definition) is 1. The van der Waals surface area contributed by atoms with Crippen LogP contribution in [0, 0.1) is 0 Å². The Morgan fingerprint density at radius 1 is 1.44 bits per heavy atom. The molecule has 0 aliphatic carbocycles. The molecule has 0 aromatic carbocycles. The van der Waals surface area contributed by atoms with E-state index in [1.807, 2.05) is 0 Å². The van der Waals surface area contributed by atoms with Crippen molar-refractivity contribution in [2.75, 3.05) is 25.5 Å². The van der Waals surface area contributed by atoms with Gasteiger partial charge in [-0.25, -0.2) is 9.97 Å². The number of aromatic nitrogens is 2. The number of rotatable bonds is 3. The summed E-state index contributed by atoms with van der Waals surface area (Å²) < 4.78 is 0.